The van der Waals surface area contributed by atoms with Crippen molar-refractivity contribution in [3.05, 3.63) is 65.1 Å². The molecule has 0 aliphatic heterocycles. The summed E-state index contributed by atoms with van der Waals surface area (Å²) in [4.78, 5) is 20.7. The number of nitrogens with zero attached hydrogens (tertiary/aromatic N) is 1. The number of aliphatic hydroxyl groups is 1. The van der Waals surface area contributed by atoms with E-state index in [0.29, 0.717) is 6.42 Å². The third-order valence-corrected chi connectivity index (χ3v) is 3.68. The summed E-state index contributed by atoms with van der Waals surface area (Å²) in [5.74, 6) is -0.517. The van der Waals surface area contributed by atoms with E-state index in [1.54, 1.807) is 11.5 Å². The lowest BCUT2D eigenvalue weighted by molar-refractivity contribution is -0.116. The van der Waals surface area contributed by atoms with Gasteiger partial charge in [0.15, 0.2) is 0 Å². The SMILES string of the molecule is CC.O=NNC(=O)/C=C/CCCCC(O)c1ccc2ccccc2c1. The van der Waals surface area contributed by atoms with Gasteiger partial charge in [-0.2, -0.15) is 0 Å². The predicted octanol–water partition coefficient (Wildman–Crippen LogP) is 4.81. The summed E-state index contributed by atoms with van der Waals surface area (Å²) in [6.07, 6.45) is 5.62. The first kappa shape index (κ1) is 20.5. The summed E-state index contributed by atoms with van der Waals surface area (Å²) in [6.45, 7) is 4.00. The lowest BCUT2D eigenvalue weighted by atomic mass is 10.00. The number of fused-ring (bicyclic) bond motifs is 1. The molecule has 0 saturated heterocycles. The Kier molecular flexibility index (Phi) is 9.78. The van der Waals surface area contributed by atoms with Gasteiger partial charge in [-0.05, 0) is 41.7 Å². The molecule has 0 fully saturated rings. The lowest BCUT2D eigenvalue weighted by Crippen LogP contribution is -2.12. The zero-order chi connectivity index (χ0) is 18.5. The number of allylic oxidation sites excluding steroid dienone is 1. The Bertz CT molecular complexity index is 698. The van der Waals surface area contributed by atoms with E-state index in [9.17, 15) is 14.8 Å². The summed E-state index contributed by atoms with van der Waals surface area (Å²) >= 11 is 0. The predicted molar refractivity (Wildman–Crippen MR) is 102 cm³/mol. The number of nitroso groups, excluding NO2 is 1. The van der Waals surface area contributed by atoms with Crippen LogP contribution in [0.15, 0.2) is 59.9 Å². The van der Waals surface area contributed by atoms with Crippen LogP contribution >= 0.6 is 0 Å². The van der Waals surface area contributed by atoms with Gasteiger partial charge in [0, 0.05) is 6.08 Å². The molecule has 2 N–H and O–H groups in total. The van der Waals surface area contributed by atoms with Crippen molar-refractivity contribution in [2.45, 2.75) is 45.6 Å². The Labute approximate surface area is 148 Å². The van der Waals surface area contributed by atoms with Gasteiger partial charge in [-0.1, -0.05) is 62.7 Å². The highest BCUT2D eigenvalue weighted by molar-refractivity contribution is 5.87. The molecule has 0 aliphatic rings. The van der Waals surface area contributed by atoms with Gasteiger partial charge < -0.3 is 5.11 Å². The topological polar surface area (TPSA) is 78.8 Å². The number of amides is 1. The quantitative estimate of drug-likeness (QED) is 0.312. The molecular formula is C20H26N2O3. The molecule has 0 spiro atoms. The van der Waals surface area contributed by atoms with Gasteiger partial charge in [0.1, 0.15) is 0 Å². The van der Waals surface area contributed by atoms with Gasteiger partial charge in [-0.3, -0.25) is 4.79 Å². The van der Waals surface area contributed by atoms with Crippen molar-refractivity contribution in [2.75, 3.05) is 0 Å². The van der Waals surface area contributed by atoms with Gasteiger partial charge in [0.05, 0.1) is 11.4 Å². The Morgan fingerprint density at radius 1 is 1.16 bits per heavy atom. The first-order chi connectivity index (χ1) is 12.2. The first-order valence-electron chi connectivity index (χ1n) is 8.66. The van der Waals surface area contributed by atoms with Crippen LogP contribution < -0.4 is 5.43 Å². The second-order valence-corrected chi connectivity index (χ2v) is 5.38. The van der Waals surface area contributed by atoms with E-state index in [4.69, 9.17) is 0 Å². The Hall–Kier alpha value is -2.53. The summed E-state index contributed by atoms with van der Waals surface area (Å²) in [7, 11) is 0. The molecule has 1 unspecified atom stereocenters. The van der Waals surface area contributed by atoms with Crippen LogP contribution in [0.5, 0.6) is 0 Å². The fraction of sp³-hybridized carbons (Fsp3) is 0.350. The maximum Gasteiger partial charge on any atom is 0.266 e. The summed E-state index contributed by atoms with van der Waals surface area (Å²) in [5, 5.41) is 14.9. The van der Waals surface area contributed by atoms with E-state index in [1.807, 2.05) is 56.3 Å². The molecule has 5 heteroatoms. The molecule has 0 aliphatic carbocycles. The van der Waals surface area contributed by atoms with E-state index < -0.39 is 12.0 Å². The second-order valence-electron chi connectivity index (χ2n) is 5.38. The normalized spacial score (nSPS) is 11.6. The first-order valence-corrected chi connectivity index (χ1v) is 8.66. The minimum Gasteiger partial charge on any atom is -0.388 e. The number of benzene rings is 2. The monoisotopic (exact) mass is 342 g/mol. The average molecular weight is 342 g/mol. The number of carbonyl (C=O) groups is 1. The second kappa shape index (κ2) is 11.9. The van der Waals surface area contributed by atoms with Gasteiger partial charge in [-0.15, -0.1) is 4.91 Å². The van der Waals surface area contributed by atoms with Crippen LogP contribution in [0.2, 0.25) is 0 Å². The number of carbonyl (C=O) groups excluding carboxylic acids is 1. The van der Waals surface area contributed by atoms with Crippen LogP contribution in [-0.2, 0) is 4.79 Å². The number of hydrogen-bond donors (Lipinski definition) is 2. The maximum absolute atomic E-state index is 10.9. The van der Waals surface area contributed by atoms with Crippen LogP contribution in [0.4, 0.5) is 0 Å². The highest BCUT2D eigenvalue weighted by atomic mass is 16.3. The fourth-order valence-corrected chi connectivity index (χ4v) is 2.45. The largest absolute Gasteiger partial charge is 0.388 e. The minimum atomic E-state index is -0.517. The summed E-state index contributed by atoms with van der Waals surface area (Å²) in [5.41, 5.74) is 2.72. The van der Waals surface area contributed by atoms with E-state index >= 15 is 0 Å². The molecule has 1 amide bonds. The van der Waals surface area contributed by atoms with Crippen molar-refractivity contribution in [1.82, 2.24) is 5.43 Å². The minimum absolute atomic E-state index is 0.480. The number of rotatable bonds is 8. The Morgan fingerprint density at radius 2 is 1.88 bits per heavy atom. The van der Waals surface area contributed by atoms with Crippen molar-refractivity contribution in [3.8, 4) is 0 Å². The molecule has 0 heterocycles. The van der Waals surface area contributed by atoms with E-state index in [2.05, 4.69) is 5.29 Å². The smallest absolute Gasteiger partial charge is 0.266 e. The van der Waals surface area contributed by atoms with Crippen LogP contribution in [0.1, 0.15) is 51.2 Å². The molecule has 25 heavy (non-hydrogen) atoms. The van der Waals surface area contributed by atoms with Crippen molar-refractivity contribution in [1.29, 1.82) is 0 Å². The standard InChI is InChI=1S/C18H20N2O3.C2H6/c21-17(9-3-1-2-4-10-18(22)19-20-23)16-12-11-14-7-5-6-8-15(14)13-16;1-2/h4-8,10-13,17,21H,1-3,9H2,(H,19,22,23);1-2H3/b10-4+;. The molecule has 0 radical (unpaired) electrons. The molecule has 2 aromatic carbocycles. The van der Waals surface area contributed by atoms with E-state index in [1.165, 1.54) is 6.08 Å². The summed E-state index contributed by atoms with van der Waals surface area (Å²) < 4.78 is 0. The van der Waals surface area contributed by atoms with Crippen molar-refractivity contribution in [2.24, 2.45) is 5.29 Å². The van der Waals surface area contributed by atoms with Gasteiger partial charge in [0.25, 0.3) is 5.91 Å². The third-order valence-electron chi connectivity index (χ3n) is 3.68. The molecule has 5 nitrogen and oxygen atoms in total. The molecule has 134 valence electrons. The van der Waals surface area contributed by atoms with Crippen LogP contribution in [0.3, 0.4) is 0 Å². The van der Waals surface area contributed by atoms with Crippen molar-refractivity contribution < 1.29 is 9.90 Å². The molecular weight excluding hydrogens is 316 g/mol. The molecule has 0 aromatic heterocycles. The average Bonchev–Trinajstić information content (AvgIpc) is 2.65. The zero-order valence-electron chi connectivity index (χ0n) is 14.8. The molecule has 2 rings (SSSR count). The molecule has 2 aromatic rings. The molecule has 0 saturated carbocycles. The molecule has 0 bridgehead atoms. The number of nitrogens with one attached hydrogen (secondary N) is 1. The summed E-state index contributed by atoms with van der Waals surface area (Å²) in [6, 6.07) is 14.1. The van der Waals surface area contributed by atoms with Gasteiger partial charge >= 0.3 is 0 Å². The zero-order valence-corrected chi connectivity index (χ0v) is 14.8. The molecule has 1 atom stereocenters. The lowest BCUT2D eigenvalue weighted by Gasteiger charge is -2.11. The van der Waals surface area contributed by atoms with E-state index in [0.717, 1.165) is 35.6 Å². The van der Waals surface area contributed by atoms with E-state index in [-0.39, 0.29) is 0 Å². The van der Waals surface area contributed by atoms with Gasteiger partial charge in [0.2, 0.25) is 0 Å². The number of hydrogen-bond acceptors (Lipinski definition) is 4. The highest BCUT2D eigenvalue weighted by Crippen LogP contribution is 2.24. The van der Waals surface area contributed by atoms with Crippen LogP contribution in [0, 0.1) is 4.91 Å². The maximum atomic E-state index is 10.9. The number of aliphatic hydroxyl groups excluding tert-OH is 1. The highest BCUT2D eigenvalue weighted by Gasteiger charge is 2.07. The fourth-order valence-electron chi connectivity index (χ4n) is 2.45. The van der Waals surface area contributed by atoms with Crippen LogP contribution in [0.25, 0.3) is 10.8 Å². The van der Waals surface area contributed by atoms with Crippen LogP contribution in [-0.4, -0.2) is 11.0 Å². The van der Waals surface area contributed by atoms with Crippen molar-refractivity contribution in [3.63, 3.8) is 0 Å². The van der Waals surface area contributed by atoms with Gasteiger partial charge in [-0.25, -0.2) is 5.43 Å². The van der Waals surface area contributed by atoms with Crippen molar-refractivity contribution >= 4 is 16.7 Å². The number of unbranched alkanes of at least 4 members (excludes halogenated alkanes) is 2. The Morgan fingerprint density at radius 3 is 2.60 bits per heavy atom. The Balaban J connectivity index is 0.00000151. The third kappa shape index (κ3) is 7.27.